The molecule has 0 aliphatic heterocycles. The number of halogens is 1. The molecule has 0 unspecified atom stereocenters. The summed E-state index contributed by atoms with van der Waals surface area (Å²) in [4.78, 5) is 22.1. The molecule has 2 N–H and O–H groups in total. The molecule has 0 aromatic heterocycles. The molecule has 0 aliphatic rings. The van der Waals surface area contributed by atoms with Gasteiger partial charge in [-0.25, -0.2) is 0 Å². The first-order valence-electron chi connectivity index (χ1n) is 5.94. The molecular weight excluding hydrogens is 340 g/mol. The Labute approximate surface area is 128 Å². The van der Waals surface area contributed by atoms with Gasteiger partial charge in [0.15, 0.2) is 0 Å². The third-order valence-corrected chi connectivity index (χ3v) is 3.74. The summed E-state index contributed by atoms with van der Waals surface area (Å²) in [5.74, 6) is -1.27. The van der Waals surface area contributed by atoms with Crippen molar-refractivity contribution in [3.05, 3.63) is 62.1 Å². The van der Waals surface area contributed by atoms with E-state index in [-0.39, 0.29) is 5.56 Å². The van der Waals surface area contributed by atoms with Gasteiger partial charge >= 0.3 is 5.69 Å². The minimum atomic E-state index is -0.741. The van der Waals surface area contributed by atoms with E-state index < -0.39 is 22.3 Å². The number of nitro benzene ring substituents is 1. The zero-order valence-corrected chi connectivity index (χ0v) is 12.5. The Balaban J connectivity index is 2.30. The summed E-state index contributed by atoms with van der Waals surface area (Å²) in [5, 5.41) is 23.1. The van der Waals surface area contributed by atoms with E-state index in [1.54, 1.807) is 12.1 Å². The lowest BCUT2D eigenvalue weighted by atomic mass is 10.1. The quantitative estimate of drug-likeness (QED) is 0.652. The molecule has 6 nitrogen and oxygen atoms in total. The van der Waals surface area contributed by atoms with Crippen LogP contribution in [-0.4, -0.2) is 15.9 Å². The number of benzene rings is 2. The summed E-state index contributed by atoms with van der Waals surface area (Å²) in [5.41, 5.74) is 0.864. The molecule has 0 bridgehead atoms. The topological polar surface area (TPSA) is 92.5 Å². The van der Waals surface area contributed by atoms with Gasteiger partial charge in [0, 0.05) is 16.2 Å². The van der Waals surface area contributed by atoms with Crippen molar-refractivity contribution >= 4 is 33.2 Å². The number of nitrogens with zero attached hydrogens (tertiary/aromatic N) is 1. The van der Waals surface area contributed by atoms with Crippen molar-refractivity contribution in [1.82, 2.24) is 0 Å². The van der Waals surface area contributed by atoms with Gasteiger partial charge in [-0.2, -0.15) is 0 Å². The lowest BCUT2D eigenvalue weighted by Crippen LogP contribution is -2.12. The molecule has 1 amide bonds. The van der Waals surface area contributed by atoms with Gasteiger partial charge in [0.05, 0.1) is 10.5 Å². The van der Waals surface area contributed by atoms with E-state index in [0.29, 0.717) is 5.69 Å². The predicted molar refractivity (Wildman–Crippen MR) is 81.6 cm³/mol. The zero-order chi connectivity index (χ0) is 15.6. The second-order valence-corrected chi connectivity index (χ2v) is 5.20. The highest BCUT2D eigenvalue weighted by Gasteiger charge is 2.20. The van der Waals surface area contributed by atoms with Crippen molar-refractivity contribution in [3.63, 3.8) is 0 Å². The van der Waals surface area contributed by atoms with Gasteiger partial charge in [0.2, 0.25) is 5.75 Å². The number of rotatable bonds is 3. The first kappa shape index (κ1) is 15.0. The summed E-state index contributed by atoms with van der Waals surface area (Å²) in [6, 6.07) is 9.02. The van der Waals surface area contributed by atoms with Crippen molar-refractivity contribution in [3.8, 4) is 5.75 Å². The number of hydrogen-bond donors (Lipinski definition) is 2. The molecule has 2 aromatic rings. The molecule has 0 fully saturated rings. The summed E-state index contributed by atoms with van der Waals surface area (Å²) >= 11 is 3.35. The van der Waals surface area contributed by atoms with Gasteiger partial charge in [-0.15, -0.1) is 0 Å². The number of hydrogen-bond acceptors (Lipinski definition) is 4. The van der Waals surface area contributed by atoms with E-state index in [4.69, 9.17) is 0 Å². The maximum absolute atomic E-state index is 12.1. The smallest absolute Gasteiger partial charge is 0.311 e. The van der Waals surface area contributed by atoms with Crippen molar-refractivity contribution < 1.29 is 14.8 Å². The number of nitro groups is 1. The molecule has 108 valence electrons. The Kier molecular flexibility index (Phi) is 4.23. The number of aryl methyl sites for hydroxylation is 1. The van der Waals surface area contributed by atoms with Crippen molar-refractivity contribution in [2.45, 2.75) is 6.92 Å². The highest BCUT2D eigenvalue weighted by atomic mass is 79.9. The molecule has 2 aromatic carbocycles. The van der Waals surface area contributed by atoms with Gasteiger partial charge in [-0.1, -0.05) is 28.1 Å². The lowest BCUT2D eigenvalue weighted by molar-refractivity contribution is -0.385. The van der Waals surface area contributed by atoms with Crippen LogP contribution in [0.5, 0.6) is 5.75 Å². The number of aromatic hydroxyl groups is 1. The van der Waals surface area contributed by atoms with E-state index >= 15 is 0 Å². The van der Waals surface area contributed by atoms with Crippen molar-refractivity contribution in [1.29, 1.82) is 0 Å². The summed E-state index contributed by atoms with van der Waals surface area (Å²) in [6.45, 7) is 1.90. The molecule has 0 spiro atoms. The van der Waals surface area contributed by atoms with Gasteiger partial charge in [0.1, 0.15) is 0 Å². The third kappa shape index (κ3) is 3.19. The molecule has 0 saturated carbocycles. The molecule has 2 rings (SSSR count). The fourth-order valence-corrected chi connectivity index (χ4v) is 2.11. The number of anilines is 1. The Morgan fingerprint density at radius 1 is 1.33 bits per heavy atom. The van der Waals surface area contributed by atoms with Gasteiger partial charge in [-0.3, -0.25) is 14.9 Å². The average Bonchev–Trinajstić information content (AvgIpc) is 2.42. The van der Waals surface area contributed by atoms with Crippen LogP contribution < -0.4 is 5.32 Å². The Hall–Kier alpha value is -2.41. The fraction of sp³-hybridized carbons (Fsp3) is 0.0714. The number of para-hydroxylation sites is 1. The summed E-state index contributed by atoms with van der Waals surface area (Å²) in [6.07, 6.45) is 0. The molecule has 0 aliphatic carbocycles. The minimum absolute atomic E-state index is 0.152. The average molecular weight is 351 g/mol. The van der Waals surface area contributed by atoms with Gasteiger partial charge in [-0.05, 0) is 30.7 Å². The van der Waals surface area contributed by atoms with Gasteiger partial charge in [0.25, 0.3) is 5.91 Å². The highest BCUT2D eigenvalue weighted by molar-refractivity contribution is 9.10. The molecule has 0 heterocycles. The molecule has 0 atom stereocenters. The van der Waals surface area contributed by atoms with Crippen LogP contribution in [0.4, 0.5) is 11.4 Å². The van der Waals surface area contributed by atoms with Crippen LogP contribution >= 0.6 is 15.9 Å². The van der Waals surface area contributed by atoms with Crippen LogP contribution in [0.15, 0.2) is 40.9 Å². The first-order valence-corrected chi connectivity index (χ1v) is 6.73. The standard InChI is InChI=1S/C14H11BrN2O4/c1-8-5-6-9(7-11(8)15)16-14(19)10-3-2-4-12(13(10)18)17(20)21/h2-7,18H,1H3,(H,16,19). The number of carbonyl (C=O) groups excluding carboxylic acids is 1. The number of amides is 1. The van der Waals surface area contributed by atoms with Crippen LogP contribution in [0.1, 0.15) is 15.9 Å². The van der Waals surface area contributed by atoms with E-state index in [1.165, 1.54) is 12.1 Å². The van der Waals surface area contributed by atoms with E-state index in [0.717, 1.165) is 16.1 Å². The maximum atomic E-state index is 12.1. The summed E-state index contributed by atoms with van der Waals surface area (Å²) < 4.78 is 0.823. The number of phenolic OH excluding ortho intramolecular Hbond substituents is 1. The van der Waals surface area contributed by atoms with E-state index in [1.807, 2.05) is 13.0 Å². The Bertz CT molecular complexity index is 731. The van der Waals surface area contributed by atoms with Crippen LogP contribution in [-0.2, 0) is 0 Å². The van der Waals surface area contributed by atoms with Crippen LogP contribution in [0, 0.1) is 17.0 Å². The summed E-state index contributed by atoms with van der Waals surface area (Å²) in [7, 11) is 0. The van der Waals surface area contributed by atoms with Crippen molar-refractivity contribution in [2.75, 3.05) is 5.32 Å². The third-order valence-electron chi connectivity index (χ3n) is 2.89. The molecule has 21 heavy (non-hydrogen) atoms. The molecule has 0 radical (unpaired) electrons. The van der Waals surface area contributed by atoms with Crippen LogP contribution in [0.25, 0.3) is 0 Å². The Morgan fingerprint density at radius 2 is 2.05 bits per heavy atom. The Morgan fingerprint density at radius 3 is 2.67 bits per heavy atom. The lowest BCUT2D eigenvalue weighted by Gasteiger charge is -2.08. The largest absolute Gasteiger partial charge is 0.502 e. The predicted octanol–water partition coefficient (Wildman–Crippen LogP) is 3.62. The van der Waals surface area contributed by atoms with E-state index in [2.05, 4.69) is 21.2 Å². The number of phenols is 1. The monoisotopic (exact) mass is 350 g/mol. The minimum Gasteiger partial charge on any atom is -0.502 e. The number of carbonyl (C=O) groups is 1. The number of nitrogens with one attached hydrogen (secondary N) is 1. The maximum Gasteiger partial charge on any atom is 0.311 e. The van der Waals surface area contributed by atoms with Crippen LogP contribution in [0.2, 0.25) is 0 Å². The highest BCUT2D eigenvalue weighted by Crippen LogP contribution is 2.30. The fourth-order valence-electron chi connectivity index (χ4n) is 1.73. The molecule has 0 saturated heterocycles. The molecular formula is C14H11BrN2O4. The molecule has 7 heteroatoms. The first-order chi connectivity index (χ1) is 9.90. The second-order valence-electron chi connectivity index (χ2n) is 4.35. The normalized spacial score (nSPS) is 10.2. The SMILES string of the molecule is Cc1ccc(NC(=O)c2cccc([N+](=O)[O-])c2O)cc1Br. The van der Waals surface area contributed by atoms with Crippen molar-refractivity contribution in [2.24, 2.45) is 0 Å². The van der Waals surface area contributed by atoms with E-state index in [9.17, 15) is 20.0 Å². The van der Waals surface area contributed by atoms with Gasteiger partial charge < -0.3 is 10.4 Å². The van der Waals surface area contributed by atoms with Crippen LogP contribution in [0.3, 0.4) is 0 Å². The zero-order valence-electron chi connectivity index (χ0n) is 11.0. The second kappa shape index (κ2) is 5.92.